The van der Waals surface area contributed by atoms with Gasteiger partial charge in [-0.25, -0.2) is 8.42 Å². The Bertz CT molecular complexity index is 673. The highest BCUT2D eigenvalue weighted by atomic mass is 32.2. The molecular weight excluding hydrogens is 356 g/mol. The van der Waals surface area contributed by atoms with Crippen LogP contribution in [0.2, 0.25) is 0 Å². The Morgan fingerprint density at radius 3 is 3.00 bits per heavy atom. The summed E-state index contributed by atoms with van der Waals surface area (Å²) in [5.74, 6) is 1.81. The van der Waals surface area contributed by atoms with Crippen molar-refractivity contribution >= 4 is 27.1 Å². The predicted octanol–water partition coefficient (Wildman–Crippen LogP) is 1.31. The predicted molar refractivity (Wildman–Crippen MR) is 104 cm³/mol. The van der Waals surface area contributed by atoms with Crippen molar-refractivity contribution in [1.82, 2.24) is 15.5 Å². The van der Waals surface area contributed by atoms with Crippen molar-refractivity contribution in [1.29, 1.82) is 0 Å². The first-order chi connectivity index (χ1) is 12.0. The van der Waals surface area contributed by atoms with Gasteiger partial charge in [0.15, 0.2) is 15.8 Å². The first-order valence-electron chi connectivity index (χ1n) is 8.96. The Hall–Kier alpha value is -1.12. The molecule has 2 N–H and O–H groups in total. The van der Waals surface area contributed by atoms with E-state index in [-0.39, 0.29) is 17.5 Å². The number of nitrogens with zero attached hydrogens (tertiary/aromatic N) is 2. The van der Waals surface area contributed by atoms with Gasteiger partial charge in [0.2, 0.25) is 0 Å². The van der Waals surface area contributed by atoms with Gasteiger partial charge in [0.25, 0.3) is 0 Å². The molecule has 0 bridgehead atoms. The fourth-order valence-electron chi connectivity index (χ4n) is 3.62. The van der Waals surface area contributed by atoms with Crippen LogP contribution in [-0.2, 0) is 16.4 Å². The third kappa shape index (κ3) is 5.69. The summed E-state index contributed by atoms with van der Waals surface area (Å²) in [5, 5.41) is 8.79. The van der Waals surface area contributed by atoms with Crippen LogP contribution in [0.15, 0.2) is 22.5 Å². The Balaban J connectivity index is 1.43. The third-order valence-electron chi connectivity index (χ3n) is 4.92. The number of hydrogen-bond acceptors (Lipinski definition) is 5. The highest BCUT2D eigenvalue weighted by Gasteiger charge is 2.28. The molecular formula is C17H28N4O2S2. The molecule has 0 amide bonds. The van der Waals surface area contributed by atoms with Crippen LogP contribution in [0, 0.1) is 5.92 Å². The number of sulfone groups is 1. The Labute approximate surface area is 154 Å². The Kier molecular flexibility index (Phi) is 6.35. The van der Waals surface area contributed by atoms with Crippen LogP contribution in [0.4, 0.5) is 0 Å². The van der Waals surface area contributed by atoms with Gasteiger partial charge in [-0.15, -0.1) is 11.3 Å². The quantitative estimate of drug-likeness (QED) is 0.592. The van der Waals surface area contributed by atoms with Crippen LogP contribution in [0.1, 0.15) is 24.1 Å². The van der Waals surface area contributed by atoms with Gasteiger partial charge in [-0.3, -0.25) is 9.89 Å². The molecule has 1 aromatic heterocycles. The molecule has 25 heavy (non-hydrogen) atoms. The number of rotatable bonds is 5. The number of piperidine rings is 1. The van der Waals surface area contributed by atoms with E-state index in [1.54, 1.807) is 7.05 Å². The topological polar surface area (TPSA) is 73.8 Å². The van der Waals surface area contributed by atoms with Gasteiger partial charge in [0.1, 0.15) is 0 Å². The summed E-state index contributed by atoms with van der Waals surface area (Å²) in [4.78, 5) is 8.20. The minimum atomic E-state index is -2.87. The number of nitrogens with one attached hydrogen (secondary N) is 2. The molecule has 2 fully saturated rings. The molecule has 1 aromatic rings. The highest BCUT2D eigenvalue weighted by molar-refractivity contribution is 7.91. The smallest absolute Gasteiger partial charge is 0.191 e. The van der Waals surface area contributed by atoms with E-state index >= 15 is 0 Å². The van der Waals surface area contributed by atoms with Gasteiger partial charge in [-0.1, -0.05) is 6.07 Å². The van der Waals surface area contributed by atoms with Crippen molar-refractivity contribution < 1.29 is 8.42 Å². The minimum Gasteiger partial charge on any atom is -0.356 e. The normalized spacial score (nSPS) is 27.3. The van der Waals surface area contributed by atoms with E-state index in [4.69, 9.17) is 0 Å². The molecule has 6 nitrogen and oxygen atoms in total. The maximum absolute atomic E-state index is 11.6. The van der Waals surface area contributed by atoms with E-state index in [0.717, 1.165) is 25.6 Å². The zero-order valence-electron chi connectivity index (χ0n) is 14.8. The summed E-state index contributed by atoms with van der Waals surface area (Å²) < 4.78 is 23.2. The monoisotopic (exact) mass is 384 g/mol. The zero-order valence-corrected chi connectivity index (χ0v) is 16.4. The van der Waals surface area contributed by atoms with Gasteiger partial charge in [-0.2, -0.15) is 0 Å². The van der Waals surface area contributed by atoms with Crippen molar-refractivity contribution in [3.05, 3.63) is 22.4 Å². The lowest BCUT2D eigenvalue weighted by atomic mass is 9.98. The molecule has 0 radical (unpaired) electrons. The Morgan fingerprint density at radius 2 is 2.32 bits per heavy atom. The second-order valence-corrected chi connectivity index (χ2v) is 10.3. The molecule has 2 atom stereocenters. The van der Waals surface area contributed by atoms with Crippen LogP contribution in [0.3, 0.4) is 0 Å². The van der Waals surface area contributed by atoms with Crippen molar-refractivity contribution in [2.75, 3.05) is 38.2 Å². The van der Waals surface area contributed by atoms with Crippen molar-refractivity contribution in [3.63, 3.8) is 0 Å². The summed E-state index contributed by atoms with van der Waals surface area (Å²) in [7, 11) is -1.13. The molecule has 0 aliphatic carbocycles. The van der Waals surface area contributed by atoms with Gasteiger partial charge >= 0.3 is 0 Å². The lowest BCUT2D eigenvalue weighted by molar-refractivity contribution is 0.169. The fraction of sp³-hybridized carbons (Fsp3) is 0.706. The number of guanidine groups is 1. The van der Waals surface area contributed by atoms with Crippen LogP contribution in [0.5, 0.6) is 0 Å². The van der Waals surface area contributed by atoms with E-state index in [1.807, 2.05) is 11.3 Å². The minimum absolute atomic E-state index is 0.0158. The summed E-state index contributed by atoms with van der Waals surface area (Å²) in [5.41, 5.74) is 0. The molecule has 0 spiro atoms. The van der Waals surface area contributed by atoms with Crippen LogP contribution >= 0.6 is 11.3 Å². The van der Waals surface area contributed by atoms with Gasteiger partial charge in [-0.05, 0) is 43.2 Å². The average Bonchev–Trinajstić information content (AvgIpc) is 3.21. The van der Waals surface area contributed by atoms with Crippen LogP contribution < -0.4 is 10.6 Å². The molecule has 3 heterocycles. The molecule has 140 valence electrons. The number of likely N-dealkylation sites (tertiary alicyclic amines) is 1. The highest BCUT2D eigenvalue weighted by Crippen LogP contribution is 2.20. The third-order valence-corrected chi connectivity index (χ3v) is 7.55. The van der Waals surface area contributed by atoms with Crippen molar-refractivity contribution in [2.24, 2.45) is 10.9 Å². The van der Waals surface area contributed by atoms with E-state index in [1.165, 1.54) is 24.3 Å². The van der Waals surface area contributed by atoms with E-state index in [9.17, 15) is 8.42 Å². The van der Waals surface area contributed by atoms with Crippen molar-refractivity contribution in [3.8, 4) is 0 Å². The molecule has 2 aliphatic rings. The maximum Gasteiger partial charge on any atom is 0.191 e. The van der Waals surface area contributed by atoms with E-state index in [2.05, 4.69) is 38.0 Å². The molecule has 2 unspecified atom stereocenters. The zero-order chi connectivity index (χ0) is 17.7. The summed E-state index contributed by atoms with van der Waals surface area (Å²) in [6, 6.07) is 4.30. The molecule has 0 saturated carbocycles. The Morgan fingerprint density at radius 1 is 1.44 bits per heavy atom. The second kappa shape index (κ2) is 8.51. The molecule has 0 aromatic carbocycles. The second-order valence-electron chi connectivity index (χ2n) is 7.02. The SMILES string of the molecule is CN=C(NCC1CCCN(Cc2cccs2)C1)NC1CCS(=O)(=O)C1. The lowest BCUT2D eigenvalue weighted by Crippen LogP contribution is -2.47. The number of hydrogen-bond donors (Lipinski definition) is 2. The van der Waals surface area contributed by atoms with Crippen LogP contribution in [0.25, 0.3) is 0 Å². The first-order valence-corrected chi connectivity index (χ1v) is 11.7. The largest absolute Gasteiger partial charge is 0.356 e. The summed E-state index contributed by atoms with van der Waals surface area (Å²) in [6.45, 7) is 4.18. The molecule has 2 aliphatic heterocycles. The molecule has 3 rings (SSSR count). The van der Waals surface area contributed by atoms with Crippen molar-refractivity contribution in [2.45, 2.75) is 31.8 Å². The average molecular weight is 385 g/mol. The van der Waals surface area contributed by atoms with Gasteiger partial charge in [0, 0.05) is 37.6 Å². The maximum atomic E-state index is 11.6. The number of thiophene rings is 1. The van der Waals surface area contributed by atoms with E-state index < -0.39 is 9.84 Å². The van der Waals surface area contributed by atoms with Gasteiger partial charge in [0.05, 0.1) is 11.5 Å². The first kappa shape index (κ1) is 18.7. The number of aliphatic imine (C=N–C) groups is 1. The van der Waals surface area contributed by atoms with E-state index in [0.29, 0.717) is 12.3 Å². The molecule has 8 heteroatoms. The van der Waals surface area contributed by atoms with Crippen LogP contribution in [-0.4, -0.2) is 63.5 Å². The lowest BCUT2D eigenvalue weighted by Gasteiger charge is -2.33. The fourth-order valence-corrected chi connectivity index (χ4v) is 6.04. The summed E-state index contributed by atoms with van der Waals surface area (Å²) in [6.07, 6.45) is 3.12. The van der Waals surface area contributed by atoms with Gasteiger partial charge < -0.3 is 10.6 Å². The molecule has 2 saturated heterocycles. The summed E-state index contributed by atoms with van der Waals surface area (Å²) >= 11 is 1.82. The standard InChI is InChI=1S/C17H28N4O2S2/c1-18-17(20-15-6-9-25(22,23)13-15)19-10-14-4-2-7-21(11-14)12-16-5-3-8-24-16/h3,5,8,14-15H,2,4,6-7,9-13H2,1H3,(H2,18,19,20).